The Morgan fingerprint density at radius 3 is 2.66 bits per heavy atom. The number of hydrogen-bond acceptors (Lipinski definition) is 5. The molecule has 2 aromatic carbocycles. The van der Waals surface area contributed by atoms with Crippen molar-refractivity contribution in [1.29, 1.82) is 0 Å². The zero-order chi connectivity index (χ0) is 20.6. The molecule has 29 heavy (non-hydrogen) atoms. The van der Waals surface area contributed by atoms with E-state index in [2.05, 4.69) is 5.32 Å². The molecule has 1 aliphatic heterocycles. The van der Waals surface area contributed by atoms with Gasteiger partial charge in [-0.25, -0.2) is 0 Å². The minimum atomic E-state index is -0.342. The number of phenols is 1. The minimum absolute atomic E-state index is 0.0636. The van der Waals surface area contributed by atoms with Gasteiger partial charge in [0.05, 0.1) is 4.91 Å². The second-order valence-electron chi connectivity index (χ2n) is 6.33. The molecule has 0 radical (unpaired) electrons. The molecule has 6 nitrogen and oxygen atoms in total. The van der Waals surface area contributed by atoms with E-state index in [0.29, 0.717) is 17.0 Å². The van der Waals surface area contributed by atoms with Crippen LogP contribution in [0.5, 0.6) is 5.75 Å². The number of allylic oxidation sites excluding steroid dienone is 2. The monoisotopic (exact) mass is 408 g/mol. The van der Waals surface area contributed by atoms with Crippen LogP contribution in [0.2, 0.25) is 0 Å². The van der Waals surface area contributed by atoms with Crippen molar-refractivity contribution in [2.45, 2.75) is 12.8 Å². The number of thioether (sulfide) groups is 1. The summed E-state index contributed by atoms with van der Waals surface area (Å²) in [6, 6.07) is 15.9. The summed E-state index contributed by atoms with van der Waals surface area (Å²) in [7, 11) is 0. The number of amides is 3. The molecule has 148 valence electrons. The van der Waals surface area contributed by atoms with Crippen LogP contribution in [0.3, 0.4) is 0 Å². The number of hydrogen-bond donors (Lipinski definition) is 2. The van der Waals surface area contributed by atoms with E-state index >= 15 is 0 Å². The van der Waals surface area contributed by atoms with Gasteiger partial charge < -0.3 is 10.4 Å². The van der Waals surface area contributed by atoms with Gasteiger partial charge in [-0.05, 0) is 42.0 Å². The van der Waals surface area contributed by atoms with Gasteiger partial charge in [-0.1, -0.05) is 48.6 Å². The third kappa shape index (κ3) is 5.83. The van der Waals surface area contributed by atoms with Crippen molar-refractivity contribution in [3.63, 3.8) is 0 Å². The Bertz CT molecular complexity index is 970. The van der Waals surface area contributed by atoms with Gasteiger partial charge in [0.25, 0.3) is 11.1 Å². The molecule has 2 N–H and O–H groups in total. The summed E-state index contributed by atoms with van der Waals surface area (Å²) in [5, 5.41) is 11.7. The summed E-state index contributed by atoms with van der Waals surface area (Å²) in [5.41, 5.74) is 1.50. The number of carbonyl (C=O) groups excluding carboxylic acids is 3. The van der Waals surface area contributed by atoms with Crippen molar-refractivity contribution >= 4 is 40.6 Å². The third-order valence-corrected chi connectivity index (χ3v) is 5.05. The van der Waals surface area contributed by atoms with Crippen LogP contribution in [0.1, 0.15) is 18.4 Å². The smallest absolute Gasteiger partial charge is 0.293 e. The molecule has 0 saturated carbocycles. The third-order valence-electron chi connectivity index (χ3n) is 4.12. The summed E-state index contributed by atoms with van der Waals surface area (Å²) in [4.78, 5) is 38.0. The number of carbonyl (C=O) groups is 3. The summed E-state index contributed by atoms with van der Waals surface area (Å²) in [6.45, 7) is 0.178. The molecular weight excluding hydrogens is 388 g/mol. The SMILES string of the molecule is O=C(CCCN1C(=O)S/C(=C/C=C/c2ccccc2)C1=O)Nc1cccc(O)c1. The zero-order valence-electron chi connectivity index (χ0n) is 15.6. The second-order valence-corrected chi connectivity index (χ2v) is 7.32. The number of imide groups is 1. The second kappa shape index (κ2) is 9.75. The molecule has 0 aliphatic carbocycles. The fourth-order valence-electron chi connectivity index (χ4n) is 2.72. The van der Waals surface area contributed by atoms with Gasteiger partial charge in [-0.2, -0.15) is 0 Å². The molecular formula is C22H20N2O4S. The van der Waals surface area contributed by atoms with E-state index in [1.807, 2.05) is 36.4 Å². The lowest BCUT2D eigenvalue weighted by Crippen LogP contribution is -2.29. The molecule has 1 heterocycles. The predicted octanol–water partition coefficient (Wildman–Crippen LogP) is 4.40. The van der Waals surface area contributed by atoms with Gasteiger partial charge >= 0.3 is 0 Å². The van der Waals surface area contributed by atoms with Crippen LogP contribution in [-0.4, -0.2) is 33.6 Å². The number of aromatic hydroxyl groups is 1. The molecule has 7 heteroatoms. The van der Waals surface area contributed by atoms with Gasteiger partial charge in [0.1, 0.15) is 5.75 Å². The lowest BCUT2D eigenvalue weighted by atomic mass is 10.2. The van der Waals surface area contributed by atoms with Crippen molar-refractivity contribution in [3.8, 4) is 5.75 Å². The van der Waals surface area contributed by atoms with E-state index in [4.69, 9.17) is 0 Å². The molecule has 2 aromatic rings. The van der Waals surface area contributed by atoms with E-state index < -0.39 is 0 Å². The fraction of sp³-hybridized carbons (Fsp3) is 0.136. The highest BCUT2D eigenvalue weighted by Gasteiger charge is 2.34. The Hall–Kier alpha value is -3.32. The van der Waals surface area contributed by atoms with Crippen molar-refractivity contribution in [3.05, 3.63) is 77.2 Å². The van der Waals surface area contributed by atoms with Crippen LogP contribution in [0, 0.1) is 0 Å². The zero-order valence-corrected chi connectivity index (χ0v) is 16.4. The normalized spacial score (nSPS) is 15.4. The lowest BCUT2D eigenvalue weighted by molar-refractivity contribution is -0.123. The largest absolute Gasteiger partial charge is 0.508 e. The minimum Gasteiger partial charge on any atom is -0.508 e. The summed E-state index contributed by atoms with van der Waals surface area (Å²) in [5.74, 6) is -0.524. The fourth-order valence-corrected chi connectivity index (χ4v) is 3.54. The highest BCUT2D eigenvalue weighted by Crippen LogP contribution is 2.30. The van der Waals surface area contributed by atoms with Crippen LogP contribution in [0.15, 0.2) is 71.7 Å². The molecule has 1 aliphatic rings. The molecule has 1 saturated heterocycles. The summed E-state index contributed by atoms with van der Waals surface area (Å²) >= 11 is 0.899. The maximum atomic E-state index is 12.4. The Kier molecular flexibility index (Phi) is 6.86. The van der Waals surface area contributed by atoms with Gasteiger partial charge in [0.15, 0.2) is 0 Å². The first-order chi connectivity index (χ1) is 14.0. The van der Waals surface area contributed by atoms with Crippen LogP contribution < -0.4 is 5.32 Å². The molecule has 3 rings (SSSR count). The average Bonchev–Trinajstić information content (AvgIpc) is 2.96. The van der Waals surface area contributed by atoms with Gasteiger partial charge in [-0.3, -0.25) is 19.3 Å². The number of phenolic OH excluding ortho intramolecular Hbond substituents is 1. The molecule has 0 unspecified atom stereocenters. The van der Waals surface area contributed by atoms with Crippen LogP contribution >= 0.6 is 11.8 Å². The Labute approximate surface area is 172 Å². The quantitative estimate of drug-likeness (QED) is 0.663. The Morgan fingerprint density at radius 2 is 1.90 bits per heavy atom. The Morgan fingerprint density at radius 1 is 1.10 bits per heavy atom. The molecule has 1 fully saturated rings. The van der Waals surface area contributed by atoms with E-state index in [-0.39, 0.29) is 35.8 Å². The van der Waals surface area contributed by atoms with Crippen molar-refractivity contribution < 1.29 is 19.5 Å². The number of nitrogens with one attached hydrogen (secondary N) is 1. The Balaban J connectivity index is 1.49. The molecule has 0 bridgehead atoms. The first-order valence-electron chi connectivity index (χ1n) is 9.09. The first kappa shape index (κ1) is 20.4. The van der Waals surface area contributed by atoms with E-state index in [1.54, 1.807) is 24.3 Å². The summed E-state index contributed by atoms with van der Waals surface area (Å²) in [6.07, 6.45) is 5.75. The topological polar surface area (TPSA) is 86.7 Å². The van der Waals surface area contributed by atoms with E-state index in [9.17, 15) is 19.5 Å². The highest BCUT2D eigenvalue weighted by atomic mass is 32.2. The lowest BCUT2D eigenvalue weighted by Gasteiger charge is -2.12. The number of benzene rings is 2. The molecule has 0 atom stereocenters. The van der Waals surface area contributed by atoms with Crippen LogP contribution in [0.25, 0.3) is 6.08 Å². The van der Waals surface area contributed by atoms with Crippen molar-refractivity contribution in [2.24, 2.45) is 0 Å². The first-order valence-corrected chi connectivity index (χ1v) is 9.90. The molecule has 3 amide bonds. The summed E-state index contributed by atoms with van der Waals surface area (Å²) < 4.78 is 0. The molecule has 0 spiro atoms. The van der Waals surface area contributed by atoms with Gasteiger partial charge in [0, 0.05) is 24.7 Å². The maximum Gasteiger partial charge on any atom is 0.293 e. The van der Waals surface area contributed by atoms with E-state index in [1.165, 1.54) is 12.1 Å². The average molecular weight is 408 g/mol. The number of anilines is 1. The molecule has 0 aromatic heterocycles. The van der Waals surface area contributed by atoms with Crippen molar-refractivity contribution in [1.82, 2.24) is 4.90 Å². The van der Waals surface area contributed by atoms with Crippen LogP contribution in [0.4, 0.5) is 10.5 Å². The highest BCUT2D eigenvalue weighted by molar-refractivity contribution is 8.18. The van der Waals surface area contributed by atoms with Crippen molar-refractivity contribution in [2.75, 3.05) is 11.9 Å². The maximum absolute atomic E-state index is 12.4. The van der Waals surface area contributed by atoms with Gasteiger partial charge in [0.2, 0.25) is 5.91 Å². The van der Waals surface area contributed by atoms with Gasteiger partial charge in [-0.15, -0.1) is 0 Å². The van der Waals surface area contributed by atoms with E-state index in [0.717, 1.165) is 22.2 Å². The standard InChI is InChI=1S/C22H20N2O4S/c25-18-11-5-10-17(15-18)23-20(26)13-6-14-24-21(27)19(29-22(24)28)12-4-9-16-7-2-1-3-8-16/h1-5,7-12,15,25H,6,13-14H2,(H,23,26)/b9-4+,19-12+. The number of rotatable bonds is 7. The van der Waals surface area contributed by atoms with Crippen LogP contribution in [-0.2, 0) is 9.59 Å². The predicted molar refractivity (Wildman–Crippen MR) is 114 cm³/mol. The number of nitrogens with zero attached hydrogens (tertiary/aromatic N) is 1.